The van der Waals surface area contributed by atoms with Gasteiger partial charge in [-0.3, -0.25) is 4.79 Å². The highest BCUT2D eigenvalue weighted by atomic mass is 32.2. The largest absolute Gasteiger partial charge is 0.321 e. The van der Waals surface area contributed by atoms with Crippen molar-refractivity contribution in [2.24, 2.45) is 0 Å². The third-order valence-corrected chi connectivity index (χ3v) is 5.65. The van der Waals surface area contributed by atoms with Crippen molar-refractivity contribution in [3.05, 3.63) is 51.2 Å². The lowest BCUT2D eigenvalue weighted by Crippen LogP contribution is -2.11. The first-order valence-electron chi connectivity index (χ1n) is 6.55. The van der Waals surface area contributed by atoms with E-state index in [9.17, 15) is 4.79 Å². The standard InChI is InChI=1S/C15H13N3OS3/c1-9-8-11(22-15-18-17-10(2)21-15)5-6-12(9)16-14(19)13-4-3-7-20-13/h3-8H,1-2H3,(H,16,19). The molecular weight excluding hydrogens is 334 g/mol. The normalized spacial score (nSPS) is 10.6. The molecule has 0 aliphatic heterocycles. The molecule has 7 heteroatoms. The van der Waals surface area contributed by atoms with Gasteiger partial charge in [-0.2, -0.15) is 0 Å². The molecule has 0 radical (unpaired) electrons. The molecule has 0 saturated heterocycles. The van der Waals surface area contributed by atoms with Gasteiger partial charge >= 0.3 is 0 Å². The lowest BCUT2D eigenvalue weighted by molar-refractivity contribution is 0.103. The minimum Gasteiger partial charge on any atom is -0.321 e. The molecule has 2 heterocycles. The number of rotatable bonds is 4. The summed E-state index contributed by atoms with van der Waals surface area (Å²) in [6.45, 7) is 3.93. The van der Waals surface area contributed by atoms with Crippen LogP contribution in [0.15, 0.2) is 44.9 Å². The maximum absolute atomic E-state index is 12.1. The average molecular weight is 347 g/mol. The molecule has 0 atom stereocenters. The molecule has 22 heavy (non-hydrogen) atoms. The summed E-state index contributed by atoms with van der Waals surface area (Å²) in [5.74, 6) is -0.0711. The topological polar surface area (TPSA) is 54.9 Å². The summed E-state index contributed by atoms with van der Waals surface area (Å²) < 4.78 is 0.923. The van der Waals surface area contributed by atoms with Crippen molar-refractivity contribution in [1.82, 2.24) is 10.2 Å². The summed E-state index contributed by atoms with van der Waals surface area (Å²) in [4.78, 5) is 13.9. The summed E-state index contributed by atoms with van der Waals surface area (Å²) in [6.07, 6.45) is 0. The summed E-state index contributed by atoms with van der Waals surface area (Å²) in [5, 5.41) is 13.9. The van der Waals surface area contributed by atoms with Crippen molar-refractivity contribution in [3.63, 3.8) is 0 Å². The molecule has 3 aromatic rings. The lowest BCUT2D eigenvalue weighted by atomic mass is 10.2. The zero-order valence-corrected chi connectivity index (χ0v) is 14.4. The van der Waals surface area contributed by atoms with E-state index in [2.05, 4.69) is 15.5 Å². The van der Waals surface area contributed by atoms with Crippen molar-refractivity contribution in [2.45, 2.75) is 23.1 Å². The van der Waals surface area contributed by atoms with E-state index in [0.29, 0.717) is 4.88 Å². The number of anilines is 1. The summed E-state index contributed by atoms with van der Waals surface area (Å²) in [5.41, 5.74) is 1.85. The lowest BCUT2D eigenvalue weighted by Gasteiger charge is -2.08. The molecule has 0 aliphatic rings. The Kier molecular flexibility index (Phi) is 4.56. The van der Waals surface area contributed by atoms with Gasteiger partial charge in [-0.05, 0) is 49.1 Å². The SMILES string of the molecule is Cc1nnc(Sc2ccc(NC(=O)c3cccs3)c(C)c2)s1. The van der Waals surface area contributed by atoms with E-state index < -0.39 is 0 Å². The zero-order valence-electron chi connectivity index (χ0n) is 12.0. The van der Waals surface area contributed by atoms with Crippen LogP contribution in [0.3, 0.4) is 0 Å². The third-order valence-electron chi connectivity index (χ3n) is 2.90. The maximum Gasteiger partial charge on any atom is 0.265 e. The molecule has 0 saturated carbocycles. The fourth-order valence-electron chi connectivity index (χ4n) is 1.85. The number of nitrogens with zero attached hydrogens (tertiary/aromatic N) is 2. The van der Waals surface area contributed by atoms with Gasteiger partial charge in [0.1, 0.15) is 5.01 Å². The van der Waals surface area contributed by atoms with E-state index in [1.54, 1.807) is 23.1 Å². The van der Waals surface area contributed by atoms with Crippen molar-refractivity contribution in [1.29, 1.82) is 0 Å². The zero-order chi connectivity index (χ0) is 15.5. The Hall–Kier alpha value is -1.70. The molecule has 112 valence electrons. The predicted octanol–water partition coefficient (Wildman–Crippen LogP) is 4.62. The minimum atomic E-state index is -0.0711. The smallest absolute Gasteiger partial charge is 0.265 e. The van der Waals surface area contributed by atoms with Crippen LogP contribution >= 0.6 is 34.4 Å². The Bertz CT molecular complexity index is 796. The van der Waals surface area contributed by atoms with Crippen LogP contribution in [-0.4, -0.2) is 16.1 Å². The summed E-state index contributed by atoms with van der Waals surface area (Å²) >= 11 is 4.59. The monoisotopic (exact) mass is 347 g/mol. The number of thiophene rings is 1. The van der Waals surface area contributed by atoms with Crippen LogP contribution in [0.4, 0.5) is 5.69 Å². The third kappa shape index (κ3) is 3.55. The van der Waals surface area contributed by atoms with Gasteiger partial charge in [0, 0.05) is 10.6 Å². The van der Waals surface area contributed by atoms with Crippen molar-refractivity contribution in [3.8, 4) is 0 Å². The molecule has 0 bridgehead atoms. The molecule has 0 aliphatic carbocycles. The molecule has 1 amide bonds. The highest BCUT2D eigenvalue weighted by Gasteiger charge is 2.10. The maximum atomic E-state index is 12.1. The summed E-state index contributed by atoms with van der Waals surface area (Å²) in [6, 6.07) is 9.65. The van der Waals surface area contributed by atoms with Crippen molar-refractivity contribution in [2.75, 3.05) is 5.32 Å². The van der Waals surface area contributed by atoms with E-state index >= 15 is 0 Å². The van der Waals surface area contributed by atoms with Gasteiger partial charge < -0.3 is 5.32 Å². The Balaban J connectivity index is 1.73. The first-order valence-corrected chi connectivity index (χ1v) is 9.06. The highest BCUT2D eigenvalue weighted by molar-refractivity contribution is 8.01. The number of amides is 1. The number of nitrogens with one attached hydrogen (secondary N) is 1. The van der Waals surface area contributed by atoms with E-state index in [1.807, 2.05) is 49.6 Å². The van der Waals surface area contributed by atoms with Gasteiger partial charge in [-0.1, -0.05) is 29.2 Å². The second-order valence-corrected chi connectivity index (χ2v) is 8.05. The van der Waals surface area contributed by atoms with Gasteiger partial charge in [-0.25, -0.2) is 0 Å². The van der Waals surface area contributed by atoms with Crippen LogP contribution in [0.5, 0.6) is 0 Å². The number of carbonyl (C=O) groups is 1. The molecule has 0 unspecified atom stereocenters. The second-order valence-electron chi connectivity index (χ2n) is 4.60. The number of aromatic nitrogens is 2. The van der Waals surface area contributed by atoms with Crippen LogP contribution in [0, 0.1) is 13.8 Å². The molecule has 0 fully saturated rings. The molecule has 1 aromatic carbocycles. The van der Waals surface area contributed by atoms with Gasteiger partial charge in [0.2, 0.25) is 0 Å². The molecule has 0 spiro atoms. The summed E-state index contributed by atoms with van der Waals surface area (Å²) in [7, 11) is 0. The number of hydrogen-bond acceptors (Lipinski definition) is 6. The highest BCUT2D eigenvalue weighted by Crippen LogP contribution is 2.32. The molecular formula is C15H13N3OS3. The quantitative estimate of drug-likeness (QED) is 0.748. The van der Waals surface area contributed by atoms with Crippen LogP contribution in [0.2, 0.25) is 0 Å². The Labute approximate surface area is 140 Å². The Morgan fingerprint density at radius 3 is 2.73 bits per heavy atom. The Morgan fingerprint density at radius 2 is 2.09 bits per heavy atom. The van der Waals surface area contributed by atoms with E-state index in [4.69, 9.17) is 0 Å². The number of carbonyl (C=O) groups excluding carboxylic acids is 1. The predicted molar refractivity (Wildman–Crippen MR) is 92.2 cm³/mol. The van der Waals surface area contributed by atoms with Gasteiger partial charge in [-0.15, -0.1) is 21.5 Å². The fraction of sp³-hybridized carbons (Fsp3) is 0.133. The van der Waals surface area contributed by atoms with E-state index in [0.717, 1.165) is 25.5 Å². The van der Waals surface area contributed by atoms with Crippen LogP contribution < -0.4 is 5.32 Å². The Morgan fingerprint density at radius 1 is 1.23 bits per heavy atom. The molecule has 4 nitrogen and oxygen atoms in total. The molecule has 1 N–H and O–H groups in total. The van der Waals surface area contributed by atoms with Gasteiger partial charge in [0.25, 0.3) is 5.91 Å². The second kappa shape index (κ2) is 6.60. The first kappa shape index (κ1) is 15.2. The average Bonchev–Trinajstić information content (AvgIpc) is 3.13. The fourth-order valence-corrected chi connectivity index (χ4v) is 4.36. The van der Waals surface area contributed by atoms with Crippen LogP contribution in [-0.2, 0) is 0 Å². The van der Waals surface area contributed by atoms with Gasteiger partial charge in [0.05, 0.1) is 4.88 Å². The number of aryl methyl sites for hydroxylation is 2. The molecule has 3 rings (SSSR count). The molecule has 2 aromatic heterocycles. The number of hydrogen-bond donors (Lipinski definition) is 1. The minimum absolute atomic E-state index is 0.0711. The van der Waals surface area contributed by atoms with Gasteiger partial charge in [0.15, 0.2) is 4.34 Å². The van der Waals surface area contributed by atoms with Crippen molar-refractivity contribution < 1.29 is 4.79 Å². The van der Waals surface area contributed by atoms with E-state index in [-0.39, 0.29) is 5.91 Å². The van der Waals surface area contributed by atoms with Crippen LogP contribution in [0.1, 0.15) is 20.2 Å². The van der Waals surface area contributed by atoms with E-state index in [1.165, 1.54) is 11.3 Å². The first-order chi connectivity index (χ1) is 10.6. The van der Waals surface area contributed by atoms with Crippen molar-refractivity contribution >= 4 is 46.0 Å². The van der Waals surface area contributed by atoms with Crippen LogP contribution in [0.25, 0.3) is 0 Å². The number of benzene rings is 1.